The molecular formula is C8H4FNO5. The first kappa shape index (κ1) is 10.8. The van der Waals surface area contributed by atoms with Gasteiger partial charge in [-0.1, -0.05) is 0 Å². The second kappa shape index (κ2) is 3.82. The molecule has 0 saturated heterocycles. The molecule has 0 radical (unpaired) electrons. The molecule has 6 nitrogen and oxygen atoms in total. The van der Waals surface area contributed by atoms with Crippen molar-refractivity contribution in [3.63, 3.8) is 0 Å². The standard InChI is InChI=1S/C8H4FNO5/c9-6-2-1-4(10(14)15)3-5(6)7(11)8(12)13/h1-3H,(H,12,13). The normalized spacial score (nSPS) is 9.67. The highest BCUT2D eigenvalue weighted by Crippen LogP contribution is 2.17. The van der Waals surface area contributed by atoms with Crippen LogP contribution in [0.3, 0.4) is 0 Å². The quantitative estimate of drug-likeness (QED) is 0.349. The number of nitro benzene ring substituents is 1. The molecule has 0 aromatic heterocycles. The number of non-ortho nitro benzene ring substituents is 1. The Morgan fingerprint density at radius 1 is 1.40 bits per heavy atom. The van der Waals surface area contributed by atoms with Crippen molar-refractivity contribution in [3.8, 4) is 0 Å². The Labute approximate surface area is 82.1 Å². The molecule has 0 aliphatic carbocycles. The van der Waals surface area contributed by atoms with Crippen molar-refractivity contribution in [3.05, 3.63) is 39.7 Å². The lowest BCUT2D eigenvalue weighted by Crippen LogP contribution is -2.14. The predicted molar refractivity (Wildman–Crippen MR) is 45.0 cm³/mol. The Morgan fingerprint density at radius 3 is 2.47 bits per heavy atom. The molecule has 0 fully saturated rings. The third kappa shape index (κ3) is 2.13. The van der Waals surface area contributed by atoms with Gasteiger partial charge >= 0.3 is 5.97 Å². The van der Waals surface area contributed by atoms with Gasteiger partial charge in [-0.15, -0.1) is 0 Å². The van der Waals surface area contributed by atoms with Crippen LogP contribution in [-0.4, -0.2) is 21.8 Å². The van der Waals surface area contributed by atoms with Crippen LogP contribution in [0.4, 0.5) is 10.1 Å². The number of ketones is 1. The third-order valence-electron chi connectivity index (χ3n) is 1.60. The first-order valence-electron chi connectivity index (χ1n) is 3.65. The number of rotatable bonds is 3. The van der Waals surface area contributed by atoms with Crippen LogP contribution in [0.5, 0.6) is 0 Å². The van der Waals surface area contributed by atoms with Crippen LogP contribution in [0.15, 0.2) is 18.2 Å². The summed E-state index contributed by atoms with van der Waals surface area (Å²) in [7, 11) is 0. The fourth-order valence-corrected chi connectivity index (χ4v) is 0.916. The van der Waals surface area contributed by atoms with E-state index in [1.165, 1.54) is 0 Å². The summed E-state index contributed by atoms with van der Waals surface area (Å²) in [6, 6.07) is 2.11. The van der Waals surface area contributed by atoms with E-state index < -0.39 is 33.7 Å². The number of carbonyl (C=O) groups is 2. The highest BCUT2D eigenvalue weighted by molar-refractivity contribution is 6.40. The fourth-order valence-electron chi connectivity index (χ4n) is 0.916. The van der Waals surface area contributed by atoms with E-state index in [-0.39, 0.29) is 0 Å². The van der Waals surface area contributed by atoms with Crippen LogP contribution in [-0.2, 0) is 4.79 Å². The molecule has 0 spiro atoms. The second-order valence-electron chi connectivity index (χ2n) is 2.56. The number of nitrogens with zero attached hydrogens (tertiary/aromatic N) is 1. The molecule has 1 N–H and O–H groups in total. The van der Waals surface area contributed by atoms with E-state index in [0.29, 0.717) is 12.1 Å². The summed E-state index contributed by atoms with van der Waals surface area (Å²) >= 11 is 0. The topological polar surface area (TPSA) is 97.5 Å². The molecule has 15 heavy (non-hydrogen) atoms. The van der Waals surface area contributed by atoms with Gasteiger partial charge in [0.25, 0.3) is 11.5 Å². The Hall–Kier alpha value is -2.31. The van der Waals surface area contributed by atoms with Crippen LogP contribution in [0.1, 0.15) is 10.4 Å². The first-order chi connectivity index (χ1) is 6.93. The number of carbonyl (C=O) groups excluding carboxylic acids is 1. The number of carboxylic acids is 1. The smallest absolute Gasteiger partial charge is 0.377 e. The number of aliphatic carboxylic acids is 1. The third-order valence-corrected chi connectivity index (χ3v) is 1.60. The molecule has 0 aliphatic heterocycles. The molecule has 0 atom stereocenters. The minimum Gasteiger partial charge on any atom is -0.475 e. The summed E-state index contributed by atoms with van der Waals surface area (Å²) in [6.45, 7) is 0. The van der Waals surface area contributed by atoms with Gasteiger partial charge in [0.05, 0.1) is 10.5 Å². The average molecular weight is 213 g/mol. The summed E-state index contributed by atoms with van der Waals surface area (Å²) < 4.78 is 12.9. The van der Waals surface area contributed by atoms with Gasteiger partial charge in [-0.2, -0.15) is 0 Å². The van der Waals surface area contributed by atoms with Crippen molar-refractivity contribution < 1.29 is 24.0 Å². The Bertz CT molecular complexity index is 456. The maximum atomic E-state index is 12.9. The van der Waals surface area contributed by atoms with Gasteiger partial charge in [0.1, 0.15) is 5.82 Å². The molecule has 78 valence electrons. The lowest BCUT2D eigenvalue weighted by atomic mass is 10.1. The second-order valence-corrected chi connectivity index (χ2v) is 2.56. The van der Waals surface area contributed by atoms with E-state index in [0.717, 1.165) is 6.07 Å². The zero-order chi connectivity index (χ0) is 11.6. The lowest BCUT2D eigenvalue weighted by molar-refractivity contribution is -0.384. The fraction of sp³-hybridized carbons (Fsp3) is 0. The van der Waals surface area contributed by atoms with E-state index in [2.05, 4.69) is 0 Å². The maximum Gasteiger partial charge on any atom is 0.377 e. The van der Waals surface area contributed by atoms with Gasteiger partial charge < -0.3 is 5.11 Å². The van der Waals surface area contributed by atoms with Crippen LogP contribution < -0.4 is 0 Å². The Kier molecular flexibility index (Phi) is 2.75. The molecule has 0 unspecified atom stereocenters. The molecule has 0 heterocycles. The van der Waals surface area contributed by atoms with E-state index in [1.807, 2.05) is 0 Å². The van der Waals surface area contributed by atoms with Crippen molar-refractivity contribution >= 4 is 17.4 Å². The lowest BCUT2D eigenvalue weighted by Gasteiger charge is -1.98. The molecular weight excluding hydrogens is 209 g/mol. The highest BCUT2D eigenvalue weighted by Gasteiger charge is 2.21. The van der Waals surface area contributed by atoms with Gasteiger partial charge in [0.2, 0.25) is 0 Å². The molecule has 1 aromatic rings. The van der Waals surface area contributed by atoms with Crippen molar-refractivity contribution in [1.29, 1.82) is 0 Å². The molecule has 1 aromatic carbocycles. The summed E-state index contributed by atoms with van der Waals surface area (Å²) in [5.41, 5.74) is -1.36. The zero-order valence-electron chi connectivity index (χ0n) is 7.14. The summed E-state index contributed by atoms with van der Waals surface area (Å²) in [5.74, 6) is -4.49. The van der Waals surface area contributed by atoms with Gasteiger partial charge in [0, 0.05) is 12.1 Å². The number of halogens is 1. The van der Waals surface area contributed by atoms with E-state index in [1.54, 1.807) is 0 Å². The SMILES string of the molecule is O=C(O)C(=O)c1cc([N+](=O)[O-])ccc1F. The van der Waals surface area contributed by atoms with Crippen LogP contribution in [0.2, 0.25) is 0 Å². The molecule has 0 bridgehead atoms. The molecule has 7 heteroatoms. The van der Waals surface area contributed by atoms with Gasteiger partial charge in [-0.05, 0) is 6.07 Å². The van der Waals surface area contributed by atoms with Crippen molar-refractivity contribution in [2.45, 2.75) is 0 Å². The number of Topliss-reactive ketones (excluding diaryl/α,β-unsaturated/α-hetero) is 1. The largest absolute Gasteiger partial charge is 0.475 e. The predicted octanol–water partition coefficient (Wildman–Crippen LogP) is 1.00. The van der Waals surface area contributed by atoms with E-state index in [4.69, 9.17) is 5.11 Å². The van der Waals surface area contributed by atoms with Gasteiger partial charge in [0.15, 0.2) is 0 Å². The van der Waals surface area contributed by atoms with Crippen LogP contribution in [0, 0.1) is 15.9 Å². The Morgan fingerprint density at radius 2 is 2.00 bits per heavy atom. The van der Waals surface area contributed by atoms with E-state index in [9.17, 15) is 24.1 Å². The molecule has 1 rings (SSSR count). The summed E-state index contributed by atoms with van der Waals surface area (Å²) in [6.07, 6.45) is 0. The van der Waals surface area contributed by atoms with Crippen molar-refractivity contribution in [2.24, 2.45) is 0 Å². The number of hydrogen-bond acceptors (Lipinski definition) is 4. The monoisotopic (exact) mass is 213 g/mol. The number of hydrogen-bond donors (Lipinski definition) is 1. The average Bonchev–Trinajstić information content (AvgIpc) is 2.16. The van der Waals surface area contributed by atoms with Crippen molar-refractivity contribution in [2.75, 3.05) is 0 Å². The number of benzene rings is 1. The van der Waals surface area contributed by atoms with E-state index >= 15 is 0 Å². The van der Waals surface area contributed by atoms with Crippen LogP contribution >= 0.6 is 0 Å². The van der Waals surface area contributed by atoms with Gasteiger partial charge in [-0.3, -0.25) is 14.9 Å². The van der Waals surface area contributed by atoms with Crippen LogP contribution in [0.25, 0.3) is 0 Å². The number of carboxylic acid groups (broad SMARTS) is 1. The minimum atomic E-state index is -1.87. The molecule has 0 saturated carbocycles. The van der Waals surface area contributed by atoms with Gasteiger partial charge in [-0.25, -0.2) is 9.18 Å². The Balaban J connectivity index is 3.28. The summed E-state index contributed by atoms with van der Waals surface area (Å²) in [5, 5.41) is 18.6. The van der Waals surface area contributed by atoms with Crippen molar-refractivity contribution in [1.82, 2.24) is 0 Å². The minimum absolute atomic E-state index is 0.541. The number of nitro groups is 1. The first-order valence-corrected chi connectivity index (χ1v) is 3.65. The zero-order valence-corrected chi connectivity index (χ0v) is 7.14. The molecule has 0 amide bonds. The highest BCUT2D eigenvalue weighted by atomic mass is 19.1. The molecule has 0 aliphatic rings. The maximum absolute atomic E-state index is 12.9. The summed E-state index contributed by atoms with van der Waals surface area (Å²) in [4.78, 5) is 30.6.